The molecule has 1 aromatic heterocycles. The number of thioether (sulfide) groups is 1. The van der Waals surface area contributed by atoms with E-state index in [1.807, 2.05) is 11.8 Å². The molecule has 0 radical (unpaired) electrons. The zero-order valence-corrected chi connectivity index (χ0v) is 20.5. The Morgan fingerprint density at radius 3 is 2.59 bits per heavy atom. The highest BCUT2D eigenvalue weighted by molar-refractivity contribution is 7.99. The molecule has 0 aliphatic carbocycles. The van der Waals surface area contributed by atoms with Gasteiger partial charge < -0.3 is 19.5 Å². The van der Waals surface area contributed by atoms with Crippen LogP contribution in [0.1, 0.15) is 12.5 Å². The van der Waals surface area contributed by atoms with Crippen molar-refractivity contribution in [2.45, 2.75) is 18.3 Å². The zero-order valence-electron chi connectivity index (χ0n) is 19.7. The van der Waals surface area contributed by atoms with Gasteiger partial charge in [0.05, 0.1) is 27.6 Å². The summed E-state index contributed by atoms with van der Waals surface area (Å²) in [5.41, 5.74) is -0.0574. The highest BCUT2D eigenvalue weighted by atomic mass is 32.2. The molecule has 0 atom stereocenters. The molecule has 1 aliphatic rings. The maximum atomic E-state index is 13.4. The van der Waals surface area contributed by atoms with E-state index < -0.39 is 22.6 Å². The van der Waals surface area contributed by atoms with E-state index in [1.54, 1.807) is 6.07 Å². The Labute approximate surface area is 214 Å². The lowest BCUT2D eigenvalue weighted by Crippen LogP contribution is -2.46. The maximum Gasteiger partial charge on any atom is 0.416 e. The Morgan fingerprint density at radius 2 is 1.92 bits per heavy atom. The molecule has 1 amide bonds. The van der Waals surface area contributed by atoms with E-state index in [4.69, 9.17) is 4.42 Å². The summed E-state index contributed by atoms with van der Waals surface area (Å²) in [6, 6.07) is 8.99. The Balaban J connectivity index is 1.45. The van der Waals surface area contributed by atoms with E-state index in [2.05, 4.69) is 20.4 Å². The van der Waals surface area contributed by atoms with Gasteiger partial charge >= 0.3 is 6.18 Å². The van der Waals surface area contributed by atoms with Crippen LogP contribution in [-0.2, 0) is 11.0 Å². The van der Waals surface area contributed by atoms with Crippen molar-refractivity contribution >= 4 is 34.7 Å². The van der Waals surface area contributed by atoms with Crippen molar-refractivity contribution in [1.82, 2.24) is 15.1 Å². The van der Waals surface area contributed by atoms with Crippen LogP contribution in [0.25, 0.3) is 11.5 Å². The predicted molar refractivity (Wildman–Crippen MR) is 132 cm³/mol. The highest BCUT2D eigenvalue weighted by Gasteiger charge is 2.32. The molecule has 0 unspecified atom stereocenters. The van der Waals surface area contributed by atoms with Crippen LogP contribution >= 0.6 is 11.8 Å². The lowest BCUT2D eigenvalue weighted by Gasteiger charge is -2.36. The number of non-ortho nitro benzene ring substituents is 1. The lowest BCUT2D eigenvalue weighted by atomic mass is 10.1. The number of amides is 1. The molecule has 1 fully saturated rings. The van der Waals surface area contributed by atoms with Crippen molar-refractivity contribution < 1.29 is 27.3 Å². The topological polar surface area (TPSA) is 118 Å². The summed E-state index contributed by atoms with van der Waals surface area (Å²) in [4.78, 5) is 27.3. The van der Waals surface area contributed by atoms with Gasteiger partial charge in [-0.05, 0) is 30.8 Å². The number of piperazine rings is 1. The number of benzene rings is 2. The molecular formula is C23H23F3N6O4S. The quantitative estimate of drug-likeness (QED) is 0.252. The van der Waals surface area contributed by atoms with Gasteiger partial charge in [0.1, 0.15) is 0 Å². The molecule has 1 aliphatic heterocycles. The van der Waals surface area contributed by atoms with E-state index in [9.17, 15) is 28.1 Å². The van der Waals surface area contributed by atoms with Gasteiger partial charge in [0, 0.05) is 43.9 Å². The number of carbonyl (C=O) groups excluding carboxylic acids is 1. The number of alkyl halides is 3. The van der Waals surface area contributed by atoms with Gasteiger partial charge in [-0.2, -0.15) is 13.2 Å². The number of rotatable bonds is 8. The van der Waals surface area contributed by atoms with Crippen molar-refractivity contribution in [2.75, 3.05) is 48.7 Å². The third-order valence-corrected chi connectivity index (χ3v) is 6.61. The fourth-order valence-corrected chi connectivity index (χ4v) is 4.41. The SMILES string of the molecule is CCN1CCN(c2ccc(C(F)(F)F)cc2NC(=O)CSc2nnc(-c3cccc([N+](=O)[O-])c3)o2)CC1. The number of aromatic nitrogens is 2. The summed E-state index contributed by atoms with van der Waals surface area (Å²) in [7, 11) is 0. The van der Waals surface area contributed by atoms with Crippen LogP contribution in [-0.4, -0.2) is 64.4 Å². The number of hydrogen-bond acceptors (Lipinski definition) is 9. The summed E-state index contributed by atoms with van der Waals surface area (Å²) in [6.07, 6.45) is -4.56. The summed E-state index contributed by atoms with van der Waals surface area (Å²) in [5.74, 6) is -0.707. The molecule has 10 nitrogen and oxygen atoms in total. The van der Waals surface area contributed by atoms with Crippen LogP contribution in [0, 0.1) is 10.1 Å². The molecule has 0 spiro atoms. The first-order chi connectivity index (χ1) is 17.6. The minimum atomic E-state index is -4.56. The third kappa shape index (κ3) is 6.57. The molecule has 2 aromatic carbocycles. The van der Waals surface area contributed by atoms with Crippen LogP contribution in [0.15, 0.2) is 52.1 Å². The average molecular weight is 537 g/mol. The number of nitrogens with one attached hydrogen (secondary N) is 1. The van der Waals surface area contributed by atoms with Gasteiger partial charge in [0.15, 0.2) is 0 Å². The number of nitrogens with zero attached hydrogens (tertiary/aromatic N) is 5. The molecule has 14 heteroatoms. The van der Waals surface area contributed by atoms with Gasteiger partial charge in [0.2, 0.25) is 11.8 Å². The van der Waals surface area contributed by atoms with E-state index in [0.29, 0.717) is 24.3 Å². The molecular weight excluding hydrogens is 513 g/mol. The second kappa shape index (κ2) is 11.2. The first kappa shape index (κ1) is 26.4. The maximum absolute atomic E-state index is 13.4. The van der Waals surface area contributed by atoms with E-state index in [1.165, 1.54) is 24.3 Å². The first-order valence-electron chi connectivity index (χ1n) is 11.3. The number of likely N-dealkylation sites (N-methyl/N-ethyl adjacent to an activating group) is 1. The highest BCUT2D eigenvalue weighted by Crippen LogP contribution is 2.36. The second-order valence-electron chi connectivity index (χ2n) is 8.17. The molecule has 1 N–H and O–H groups in total. The Bertz CT molecular complexity index is 1280. The van der Waals surface area contributed by atoms with Crippen LogP contribution < -0.4 is 10.2 Å². The molecule has 4 rings (SSSR count). The Hall–Kier alpha value is -3.65. The Morgan fingerprint density at radius 1 is 1.16 bits per heavy atom. The summed E-state index contributed by atoms with van der Waals surface area (Å²) in [6.45, 7) is 5.72. The number of nitro groups is 1. The number of carbonyl (C=O) groups is 1. The van der Waals surface area contributed by atoms with Crippen LogP contribution in [0.3, 0.4) is 0 Å². The van der Waals surface area contributed by atoms with Crippen molar-refractivity contribution in [3.63, 3.8) is 0 Å². The van der Waals surface area contributed by atoms with Gasteiger partial charge in [0.25, 0.3) is 10.9 Å². The molecule has 37 heavy (non-hydrogen) atoms. The van der Waals surface area contributed by atoms with Gasteiger partial charge in [-0.1, -0.05) is 24.8 Å². The second-order valence-corrected chi connectivity index (χ2v) is 9.10. The number of hydrogen-bond donors (Lipinski definition) is 1. The molecule has 3 aromatic rings. The predicted octanol–water partition coefficient (Wildman–Crippen LogP) is 4.54. The monoisotopic (exact) mass is 536 g/mol. The third-order valence-electron chi connectivity index (χ3n) is 5.80. The largest absolute Gasteiger partial charge is 0.416 e. The summed E-state index contributed by atoms with van der Waals surface area (Å²) in [5, 5.41) is 21.3. The van der Waals surface area contributed by atoms with Gasteiger partial charge in [-0.15, -0.1) is 10.2 Å². The van der Waals surface area contributed by atoms with Gasteiger partial charge in [-0.25, -0.2) is 0 Å². The van der Waals surface area contributed by atoms with Crippen molar-refractivity contribution in [3.8, 4) is 11.5 Å². The average Bonchev–Trinajstić information content (AvgIpc) is 3.36. The van der Waals surface area contributed by atoms with E-state index in [0.717, 1.165) is 43.5 Å². The van der Waals surface area contributed by atoms with Crippen molar-refractivity contribution in [2.24, 2.45) is 0 Å². The van der Waals surface area contributed by atoms with Crippen molar-refractivity contribution in [3.05, 3.63) is 58.1 Å². The van der Waals surface area contributed by atoms with Crippen LogP contribution in [0.4, 0.5) is 30.2 Å². The molecule has 0 saturated carbocycles. The summed E-state index contributed by atoms with van der Waals surface area (Å²) >= 11 is 0.900. The van der Waals surface area contributed by atoms with Crippen LogP contribution in [0.5, 0.6) is 0 Å². The lowest BCUT2D eigenvalue weighted by molar-refractivity contribution is -0.384. The standard InChI is InChI=1S/C23H23F3N6O4S/c1-2-30-8-10-31(11-9-30)19-7-6-16(23(24,25)26)13-18(19)27-20(33)14-37-22-29-28-21(36-22)15-4-3-5-17(12-15)32(34)35/h3-7,12-13H,2,8-11,14H2,1H3,(H,27,33). The van der Waals surface area contributed by atoms with E-state index >= 15 is 0 Å². The number of halogens is 3. The summed E-state index contributed by atoms with van der Waals surface area (Å²) < 4.78 is 45.6. The number of nitro benzene ring substituents is 1. The van der Waals surface area contributed by atoms with Crippen LogP contribution in [0.2, 0.25) is 0 Å². The van der Waals surface area contributed by atoms with Crippen molar-refractivity contribution in [1.29, 1.82) is 0 Å². The Kier molecular flexibility index (Phi) is 7.97. The normalized spacial score (nSPS) is 14.5. The molecule has 2 heterocycles. The molecule has 196 valence electrons. The molecule has 1 saturated heterocycles. The minimum Gasteiger partial charge on any atom is -0.411 e. The van der Waals surface area contributed by atoms with E-state index in [-0.39, 0.29) is 28.2 Å². The smallest absolute Gasteiger partial charge is 0.411 e. The minimum absolute atomic E-state index is 0.0385. The fourth-order valence-electron chi connectivity index (χ4n) is 3.84. The fraction of sp³-hybridized carbons (Fsp3) is 0.348. The molecule has 0 bridgehead atoms. The van der Waals surface area contributed by atoms with Gasteiger partial charge in [-0.3, -0.25) is 14.9 Å². The number of anilines is 2. The first-order valence-corrected chi connectivity index (χ1v) is 12.3. The zero-order chi connectivity index (χ0) is 26.6.